The lowest BCUT2D eigenvalue weighted by atomic mass is 10.0. The predicted molar refractivity (Wildman–Crippen MR) is 79.0 cm³/mol. The van der Waals surface area contributed by atoms with Gasteiger partial charge in [-0.05, 0) is 25.7 Å². The summed E-state index contributed by atoms with van der Waals surface area (Å²) in [7, 11) is 0. The zero-order valence-electron chi connectivity index (χ0n) is 12.1. The second-order valence-electron chi connectivity index (χ2n) is 5.72. The normalized spacial score (nSPS) is 21.6. The zero-order valence-corrected chi connectivity index (χ0v) is 12.1. The Morgan fingerprint density at radius 3 is 2.76 bits per heavy atom. The zero-order chi connectivity index (χ0) is 14.1. The van der Waals surface area contributed by atoms with E-state index >= 15 is 0 Å². The maximum atomic E-state index is 5.77. The summed E-state index contributed by atoms with van der Waals surface area (Å²) in [6.07, 6.45) is 6.01. The molecule has 4 rings (SSSR count). The molecule has 2 aromatic rings. The van der Waals surface area contributed by atoms with Gasteiger partial charge in [0.05, 0.1) is 17.1 Å². The molecule has 0 radical (unpaired) electrons. The number of hydrogen-bond donors (Lipinski definition) is 1. The lowest BCUT2D eigenvalue weighted by molar-refractivity contribution is 0.0112. The molecule has 1 N–H and O–H groups in total. The Kier molecular flexibility index (Phi) is 3.43. The van der Waals surface area contributed by atoms with Gasteiger partial charge in [0.2, 0.25) is 0 Å². The van der Waals surface area contributed by atoms with Crippen molar-refractivity contribution in [3.8, 4) is 11.5 Å². The molecule has 1 atom stereocenters. The summed E-state index contributed by atoms with van der Waals surface area (Å²) < 4.78 is 17.0. The van der Waals surface area contributed by atoms with Crippen LogP contribution in [-0.4, -0.2) is 35.9 Å². The summed E-state index contributed by atoms with van der Waals surface area (Å²) in [6.45, 7) is 2.12. The molecule has 21 heavy (non-hydrogen) atoms. The summed E-state index contributed by atoms with van der Waals surface area (Å²) in [5.74, 6) is 2.61. The molecule has 0 saturated carbocycles. The van der Waals surface area contributed by atoms with Crippen LogP contribution in [0.2, 0.25) is 0 Å². The molecule has 5 nitrogen and oxygen atoms in total. The molecule has 1 saturated heterocycles. The van der Waals surface area contributed by atoms with Gasteiger partial charge in [-0.25, -0.2) is 4.98 Å². The molecule has 1 aromatic carbocycles. The fourth-order valence-electron chi connectivity index (χ4n) is 3.05. The van der Waals surface area contributed by atoms with Crippen molar-refractivity contribution in [2.24, 2.45) is 0 Å². The highest BCUT2D eigenvalue weighted by Gasteiger charge is 2.17. The van der Waals surface area contributed by atoms with E-state index in [1.165, 1.54) is 19.3 Å². The fraction of sp³-hybridized carbons (Fsp3) is 0.562. The number of ether oxygens (including phenoxy) is 3. The molecule has 0 aliphatic carbocycles. The average Bonchev–Trinajstić information content (AvgIpc) is 2.93. The molecule has 2 aliphatic heterocycles. The highest BCUT2D eigenvalue weighted by atomic mass is 16.6. The smallest absolute Gasteiger partial charge is 0.163 e. The summed E-state index contributed by atoms with van der Waals surface area (Å²) in [5.41, 5.74) is 1.96. The lowest BCUT2D eigenvalue weighted by Gasteiger charge is -2.21. The van der Waals surface area contributed by atoms with Crippen molar-refractivity contribution >= 4 is 11.0 Å². The molecule has 0 spiro atoms. The number of rotatable bonds is 3. The van der Waals surface area contributed by atoms with Crippen LogP contribution in [0.1, 0.15) is 31.5 Å². The van der Waals surface area contributed by atoms with E-state index in [0.717, 1.165) is 47.8 Å². The van der Waals surface area contributed by atoms with Crippen LogP contribution in [0.15, 0.2) is 12.1 Å². The molecular formula is C16H20N2O3. The molecule has 0 amide bonds. The van der Waals surface area contributed by atoms with E-state index in [1.807, 2.05) is 12.1 Å². The Bertz CT molecular complexity index is 589. The summed E-state index contributed by atoms with van der Waals surface area (Å²) in [4.78, 5) is 8.04. The Morgan fingerprint density at radius 2 is 1.95 bits per heavy atom. The largest absolute Gasteiger partial charge is 0.486 e. The first-order valence-electron chi connectivity index (χ1n) is 7.78. The van der Waals surface area contributed by atoms with Crippen molar-refractivity contribution < 1.29 is 14.2 Å². The lowest BCUT2D eigenvalue weighted by Crippen LogP contribution is -2.19. The quantitative estimate of drug-likeness (QED) is 0.943. The Morgan fingerprint density at radius 1 is 1.10 bits per heavy atom. The van der Waals surface area contributed by atoms with Crippen molar-refractivity contribution in [3.05, 3.63) is 18.0 Å². The van der Waals surface area contributed by atoms with Crippen molar-refractivity contribution in [3.63, 3.8) is 0 Å². The van der Waals surface area contributed by atoms with Gasteiger partial charge < -0.3 is 19.2 Å². The van der Waals surface area contributed by atoms with Crippen LogP contribution >= 0.6 is 0 Å². The summed E-state index contributed by atoms with van der Waals surface area (Å²) >= 11 is 0. The first-order valence-corrected chi connectivity index (χ1v) is 7.78. The van der Waals surface area contributed by atoms with Gasteiger partial charge in [0, 0.05) is 25.2 Å². The molecule has 1 fully saturated rings. The molecule has 2 aliphatic rings. The number of nitrogens with one attached hydrogen (secondary N) is 1. The van der Waals surface area contributed by atoms with E-state index < -0.39 is 0 Å². The maximum absolute atomic E-state index is 5.77. The van der Waals surface area contributed by atoms with Gasteiger partial charge in [0.15, 0.2) is 11.5 Å². The van der Waals surface area contributed by atoms with Gasteiger partial charge in [0.1, 0.15) is 19.0 Å². The van der Waals surface area contributed by atoms with Crippen LogP contribution in [0, 0.1) is 0 Å². The van der Waals surface area contributed by atoms with Gasteiger partial charge in [-0.3, -0.25) is 0 Å². The topological polar surface area (TPSA) is 56.4 Å². The number of nitrogens with zero attached hydrogens (tertiary/aromatic N) is 1. The number of aromatic amines is 1. The second kappa shape index (κ2) is 5.56. The van der Waals surface area contributed by atoms with E-state index in [-0.39, 0.29) is 0 Å². The minimum atomic E-state index is 0.395. The predicted octanol–water partition coefficient (Wildman–Crippen LogP) is 2.84. The van der Waals surface area contributed by atoms with E-state index in [1.54, 1.807) is 0 Å². The van der Waals surface area contributed by atoms with E-state index in [9.17, 15) is 0 Å². The number of H-pyrrole nitrogens is 1. The van der Waals surface area contributed by atoms with Crippen LogP contribution in [0.5, 0.6) is 11.5 Å². The number of benzene rings is 1. The van der Waals surface area contributed by atoms with Gasteiger partial charge in [-0.1, -0.05) is 0 Å². The Labute approximate surface area is 123 Å². The van der Waals surface area contributed by atoms with Gasteiger partial charge in [-0.2, -0.15) is 0 Å². The first-order chi connectivity index (χ1) is 10.4. The Hall–Kier alpha value is -1.75. The van der Waals surface area contributed by atoms with Gasteiger partial charge in [-0.15, -0.1) is 0 Å². The van der Waals surface area contributed by atoms with Crippen LogP contribution in [-0.2, 0) is 11.2 Å². The molecule has 112 valence electrons. The number of fused-ring (bicyclic) bond motifs is 2. The maximum Gasteiger partial charge on any atom is 0.163 e. The van der Waals surface area contributed by atoms with E-state index in [4.69, 9.17) is 14.2 Å². The SMILES string of the molecule is c1c2c(cc3[nH]c(CCC4CCCCO4)nc13)OCCO2. The van der Waals surface area contributed by atoms with Crippen molar-refractivity contribution in [1.82, 2.24) is 9.97 Å². The standard InChI is InChI=1S/C16H20N2O3/c1-2-6-19-11(3-1)4-5-16-17-12-9-14-15(10-13(12)18-16)21-8-7-20-14/h9-11H,1-8H2,(H,17,18). The summed E-state index contributed by atoms with van der Waals surface area (Å²) in [5, 5.41) is 0. The molecular weight excluding hydrogens is 268 g/mol. The second-order valence-corrected chi connectivity index (χ2v) is 5.72. The van der Waals surface area contributed by atoms with Crippen LogP contribution in [0.25, 0.3) is 11.0 Å². The number of aromatic nitrogens is 2. The van der Waals surface area contributed by atoms with Gasteiger partial charge in [0.25, 0.3) is 0 Å². The monoisotopic (exact) mass is 288 g/mol. The molecule has 1 unspecified atom stereocenters. The highest BCUT2D eigenvalue weighted by Crippen LogP contribution is 2.33. The molecule has 1 aromatic heterocycles. The third kappa shape index (κ3) is 2.70. The van der Waals surface area contributed by atoms with Gasteiger partial charge >= 0.3 is 0 Å². The van der Waals surface area contributed by atoms with Crippen LogP contribution in [0.3, 0.4) is 0 Å². The number of imidazole rings is 1. The average molecular weight is 288 g/mol. The fourth-order valence-corrected chi connectivity index (χ4v) is 3.05. The molecule has 3 heterocycles. The number of hydrogen-bond acceptors (Lipinski definition) is 4. The van der Waals surface area contributed by atoms with Crippen LogP contribution < -0.4 is 9.47 Å². The van der Waals surface area contributed by atoms with Crippen molar-refractivity contribution in [2.45, 2.75) is 38.2 Å². The van der Waals surface area contributed by atoms with Crippen LogP contribution in [0.4, 0.5) is 0 Å². The molecule has 5 heteroatoms. The molecule has 0 bridgehead atoms. The Balaban J connectivity index is 1.50. The van der Waals surface area contributed by atoms with Crippen molar-refractivity contribution in [2.75, 3.05) is 19.8 Å². The number of aryl methyl sites for hydroxylation is 1. The minimum Gasteiger partial charge on any atom is -0.486 e. The third-order valence-corrected chi connectivity index (χ3v) is 4.17. The van der Waals surface area contributed by atoms with E-state index in [0.29, 0.717) is 19.3 Å². The van der Waals surface area contributed by atoms with E-state index in [2.05, 4.69) is 9.97 Å². The first kappa shape index (κ1) is 13.0. The minimum absolute atomic E-state index is 0.395. The third-order valence-electron chi connectivity index (χ3n) is 4.17. The highest BCUT2D eigenvalue weighted by molar-refractivity contribution is 5.79. The summed E-state index contributed by atoms with van der Waals surface area (Å²) in [6, 6.07) is 3.94. The van der Waals surface area contributed by atoms with Crippen molar-refractivity contribution in [1.29, 1.82) is 0 Å².